The predicted octanol–water partition coefficient (Wildman–Crippen LogP) is -0.114. The Balaban J connectivity index is 2.84. The second-order valence-electron chi connectivity index (χ2n) is 4.93. The van der Waals surface area contributed by atoms with Gasteiger partial charge in [0.15, 0.2) is 0 Å². The Morgan fingerprint density at radius 2 is 2.17 bits per heavy atom. The van der Waals surface area contributed by atoms with Gasteiger partial charge in [0.25, 0.3) is 0 Å². The fraction of sp³-hybridized carbons (Fsp3) is 0.833. The highest BCUT2D eigenvalue weighted by Gasteiger charge is 2.34. The second kappa shape index (κ2) is 6.70. The first kappa shape index (κ1) is 14.9. The average molecular weight is 258 g/mol. The smallest absolute Gasteiger partial charge is 0.305 e. The van der Waals surface area contributed by atoms with E-state index < -0.39 is 12.0 Å². The van der Waals surface area contributed by atoms with Gasteiger partial charge in [-0.25, -0.2) is 0 Å². The monoisotopic (exact) mass is 258 g/mol. The quantitative estimate of drug-likeness (QED) is 0.745. The zero-order valence-corrected chi connectivity index (χ0v) is 11.3. The SMILES string of the molecule is COCCN1CC(C)CN(C)C(=O)C1CC(=O)O. The van der Waals surface area contributed by atoms with E-state index in [2.05, 4.69) is 6.92 Å². The van der Waals surface area contributed by atoms with Gasteiger partial charge in [0, 0.05) is 33.8 Å². The molecule has 0 aromatic carbocycles. The number of nitrogens with zero attached hydrogens (tertiary/aromatic N) is 2. The molecule has 0 aliphatic carbocycles. The van der Waals surface area contributed by atoms with Gasteiger partial charge in [0.2, 0.25) is 5.91 Å². The van der Waals surface area contributed by atoms with Crippen molar-refractivity contribution >= 4 is 11.9 Å². The zero-order valence-electron chi connectivity index (χ0n) is 11.3. The van der Waals surface area contributed by atoms with Gasteiger partial charge in [-0.2, -0.15) is 0 Å². The Bertz CT molecular complexity index is 308. The molecular weight excluding hydrogens is 236 g/mol. The summed E-state index contributed by atoms with van der Waals surface area (Å²) in [5.74, 6) is -0.730. The van der Waals surface area contributed by atoms with Crippen LogP contribution in [0.4, 0.5) is 0 Å². The largest absolute Gasteiger partial charge is 0.481 e. The zero-order chi connectivity index (χ0) is 13.7. The van der Waals surface area contributed by atoms with Gasteiger partial charge >= 0.3 is 5.97 Å². The minimum absolute atomic E-state index is 0.113. The standard InChI is InChI=1S/C12H22N2O4/c1-9-7-13(2)12(17)10(6-11(15)16)14(8-9)4-5-18-3/h9-10H,4-8H2,1-3H3,(H,15,16). The molecule has 1 aliphatic rings. The minimum Gasteiger partial charge on any atom is -0.481 e. The lowest BCUT2D eigenvalue weighted by Gasteiger charge is -2.28. The normalized spacial score (nSPS) is 26.2. The van der Waals surface area contributed by atoms with Crippen LogP contribution < -0.4 is 0 Å². The molecule has 0 saturated carbocycles. The molecule has 2 unspecified atom stereocenters. The van der Waals surface area contributed by atoms with Crippen molar-refractivity contribution in [2.45, 2.75) is 19.4 Å². The molecule has 6 nitrogen and oxygen atoms in total. The number of aliphatic carboxylic acids is 1. The Hall–Kier alpha value is -1.14. The van der Waals surface area contributed by atoms with E-state index in [1.54, 1.807) is 19.1 Å². The van der Waals surface area contributed by atoms with Gasteiger partial charge in [0.1, 0.15) is 0 Å². The lowest BCUT2D eigenvalue weighted by molar-refractivity contribution is -0.144. The van der Waals surface area contributed by atoms with Crippen molar-refractivity contribution in [3.05, 3.63) is 0 Å². The van der Waals surface area contributed by atoms with Crippen molar-refractivity contribution in [2.24, 2.45) is 5.92 Å². The van der Waals surface area contributed by atoms with Gasteiger partial charge in [-0.3, -0.25) is 14.5 Å². The third-order valence-corrected chi connectivity index (χ3v) is 3.18. The van der Waals surface area contributed by atoms with Gasteiger partial charge < -0.3 is 14.7 Å². The summed E-state index contributed by atoms with van der Waals surface area (Å²) in [5.41, 5.74) is 0. The first-order valence-corrected chi connectivity index (χ1v) is 6.15. The molecule has 1 rings (SSSR count). The fourth-order valence-corrected chi connectivity index (χ4v) is 2.39. The van der Waals surface area contributed by atoms with E-state index in [0.717, 1.165) is 6.54 Å². The third-order valence-electron chi connectivity index (χ3n) is 3.18. The highest BCUT2D eigenvalue weighted by atomic mass is 16.5. The highest BCUT2D eigenvalue weighted by Crippen LogP contribution is 2.16. The summed E-state index contributed by atoms with van der Waals surface area (Å²) in [5, 5.41) is 8.94. The van der Waals surface area contributed by atoms with Crippen molar-refractivity contribution in [3.63, 3.8) is 0 Å². The van der Waals surface area contributed by atoms with Gasteiger partial charge in [-0.05, 0) is 5.92 Å². The van der Waals surface area contributed by atoms with E-state index in [1.165, 1.54) is 0 Å². The first-order chi connectivity index (χ1) is 8.45. The van der Waals surface area contributed by atoms with E-state index >= 15 is 0 Å². The first-order valence-electron chi connectivity index (χ1n) is 6.15. The fourth-order valence-electron chi connectivity index (χ4n) is 2.39. The topological polar surface area (TPSA) is 70.1 Å². The number of ether oxygens (including phenoxy) is 1. The molecule has 6 heteroatoms. The number of likely N-dealkylation sites (N-methyl/N-ethyl adjacent to an activating group) is 1. The van der Waals surface area contributed by atoms with Crippen LogP contribution in [0, 0.1) is 5.92 Å². The molecule has 0 radical (unpaired) electrons. The maximum atomic E-state index is 12.2. The van der Waals surface area contributed by atoms with Crippen LogP contribution in [0.3, 0.4) is 0 Å². The number of amides is 1. The van der Waals surface area contributed by atoms with Crippen LogP contribution in [0.5, 0.6) is 0 Å². The third kappa shape index (κ3) is 3.96. The van der Waals surface area contributed by atoms with Crippen LogP contribution in [0.1, 0.15) is 13.3 Å². The van der Waals surface area contributed by atoms with E-state index in [0.29, 0.717) is 25.6 Å². The number of methoxy groups -OCH3 is 1. The summed E-state index contributed by atoms with van der Waals surface area (Å²) in [7, 11) is 3.33. The second-order valence-corrected chi connectivity index (χ2v) is 4.93. The molecule has 1 amide bonds. The van der Waals surface area contributed by atoms with Crippen LogP contribution in [-0.2, 0) is 14.3 Å². The molecule has 1 heterocycles. The number of hydrogen-bond donors (Lipinski definition) is 1. The van der Waals surface area contributed by atoms with Crippen LogP contribution in [0.25, 0.3) is 0 Å². The number of carbonyl (C=O) groups excluding carboxylic acids is 1. The lowest BCUT2D eigenvalue weighted by Crippen LogP contribution is -2.47. The number of carboxylic acid groups (broad SMARTS) is 1. The van der Waals surface area contributed by atoms with Gasteiger partial charge in [0.05, 0.1) is 19.1 Å². The average Bonchev–Trinajstić information content (AvgIpc) is 2.38. The molecule has 0 spiro atoms. The molecule has 18 heavy (non-hydrogen) atoms. The van der Waals surface area contributed by atoms with E-state index in [1.807, 2.05) is 4.90 Å². The van der Waals surface area contributed by atoms with E-state index in [4.69, 9.17) is 9.84 Å². The highest BCUT2D eigenvalue weighted by molar-refractivity contribution is 5.86. The molecule has 1 aliphatic heterocycles. The van der Waals surface area contributed by atoms with Crippen LogP contribution in [0.2, 0.25) is 0 Å². The predicted molar refractivity (Wildman–Crippen MR) is 66.3 cm³/mol. The number of rotatable bonds is 5. The summed E-state index contributed by atoms with van der Waals surface area (Å²) < 4.78 is 5.02. The number of hydrogen-bond acceptors (Lipinski definition) is 4. The summed E-state index contributed by atoms with van der Waals surface area (Å²) in [6, 6.07) is -0.576. The van der Waals surface area contributed by atoms with Crippen molar-refractivity contribution in [1.29, 1.82) is 0 Å². The number of carbonyl (C=O) groups is 2. The van der Waals surface area contributed by atoms with E-state index in [-0.39, 0.29) is 12.3 Å². The molecule has 1 fully saturated rings. The van der Waals surface area contributed by atoms with Crippen LogP contribution in [-0.4, -0.2) is 73.2 Å². The van der Waals surface area contributed by atoms with Crippen molar-refractivity contribution in [1.82, 2.24) is 9.80 Å². The molecular formula is C12H22N2O4. The van der Waals surface area contributed by atoms with Gasteiger partial charge in [-0.1, -0.05) is 6.92 Å². The Morgan fingerprint density at radius 3 is 2.72 bits per heavy atom. The molecule has 0 bridgehead atoms. The molecule has 0 aromatic rings. The van der Waals surface area contributed by atoms with Crippen LogP contribution >= 0.6 is 0 Å². The summed E-state index contributed by atoms with van der Waals surface area (Å²) >= 11 is 0. The summed E-state index contributed by atoms with van der Waals surface area (Å²) in [6.45, 7) is 4.53. The molecule has 104 valence electrons. The summed E-state index contributed by atoms with van der Waals surface area (Å²) in [6.07, 6.45) is -0.153. The van der Waals surface area contributed by atoms with E-state index in [9.17, 15) is 9.59 Å². The lowest BCUT2D eigenvalue weighted by atomic mass is 10.1. The molecule has 1 N–H and O–H groups in total. The van der Waals surface area contributed by atoms with Crippen molar-refractivity contribution in [2.75, 3.05) is 40.4 Å². The molecule has 2 atom stereocenters. The maximum absolute atomic E-state index is 12.2. The maximum Gasteiger partial charge on any atom is 0.305 e. The van der Waals surface area contributed by atoms with Crippen molar-refractivity contribution < 1.29 is 19.4 Å². The Labute approximate surface area is 107 Å². The molecule has 0 aromatic heterocycles. The van der Waals surface area contributed by atoms with Gasteiger partial charge in [-0.15, -0.1) is 0 Å². The van der Waals surface area contributed by atoms with Crippen molar-refractivity contribution in [3.8, 4) is 0 Å². The summed E-state index contributed by atoms with van der Waals surface area (Å²) in [4.78, 5) is 26.6. The molecule has 1 saturated heterocycles. The van der Waals surface area contributed by atoms with Crippen LogP contribution in [0.15, 0.2) is 0 Å². The minimum atomic E-state index is -0.946. The Morgan fingerprint density at radius 1 is 1.50 bits per heavy atom. The Kier molecular flexibility index (Phi) is 5.55. The number of carboxylic acids is 1.